The molecule has 1 amide bonds. The Balaban J connectivity index is 1.63. The Morgan fingerprint density at radius 1 is 1.00 bits per heavy atom. The minimum atomic E-state index is -0.233. The van der Waals surface area contributed by atoms with E-state index in [2.05, 4.69) is 41.4 Å². The smallest absolute Gasteiger partial charge is 0.258 e. The number of nitrogens with one attached hydrogen (secondary N) is 2. The predicted octanol–water partition coefficient (Wildman–Crippen LogP) is 4.65. The van der Waals surface area contributed by atoms with Crippen molar-refractivity contribution in [3.05, 3.63) is 77.6 Å². The number of carbonyl (C=O) groups excluding carboxylic acids is 1. The van der Waals surface area contributed by atoms with E-state index in [0.29, 0.717) is 18.1 Å². The molecule has 2 aromatic carbocycles. The first-order valence-corrected chi connectivity index (χ1v) is 9.46. The highest BCUT2D eigenvalue weighted by Crippen LogP contribution is 2.29. The van der Waals surface area contributed by atoms with Crippen molar-refractivity contribution < 1.29 is 9.53 Å². The van der Waals surface area contributed by atoms with Gasteiger partial charge in [0.2, 0.25) is 5.95 Å². The Kier molecular flexibility index (Phi) is 6.12. The fraction of sp³-hybridized carbons (Fsp3) is 0.261. The number of para-hydroxylation sites is 1. The highest BCUT2D eigenvalue weighted by Gasteiger charge is 2.19. The maximum absolute atomic E-state index is 12.6. The molecule has 29 heavy (non-hydrogen) atoms. The van der Waals surface area contributed by atoms with Gasteiger partial charge in [0.25, 0.3) is 5.91 Å². The number of hydrogen-bond acceptors (Lipinski definition) is 5. The molecule has 2 N–H and O–H groups in total. The number of methoxy groups -OCH3 is 1. The number of rotatable bonds is 6. The number of nitrogens with zero attached hydrogens (tertiary/aromatic N) is 2. The van der Waals surface area contributed by atoms with E-state index in [1.165, 1.54) is 12.4 Å². The first-order chi connectivity index (χ1) is 13.9. The monoisotopic (exact) mass is 390 g/mol. The molecule has 6 nitrogen and oxygen atoms in total. The van der Waals surface area contributed by atoms with Crippen LogP contribution in [0, 0.1) is 0 Å². The summed E-state index contributed by atoms with van der Waals surface area (Å²) in [4.78, 5) is 21.1. The van der Waals surface area contributed by atoms with E-state index in [1.54, 1.807) is 7.11 Å². The van der Waals surface area contributed by atoms with Gasteiger partial charge < -0.3 is 15.4 Å². The number of amides is 1. The molecule has 0 bridgehead atoms. The summed E-state index contributed by atoms with van der Waals surface area (Å²) in [6.07, 6.45) is 3.05. The van der Waals surface area contributed by atoms with Crippen LogP contribution in [-0.4, -0.2) is 23.0 Å². The lowest BCUT2D eigenvalue weighted by Gasteiger charge is -2.22. The minimum absolute atomic E-state index is 0.0738. The molecule has 0 aliphatic rings. The quantitative estimate of drug-likeness (QED) is 0.641. The zero-order valence-electron chi connectivity index (χ0n) is 17.2. The summed E-state index contributed by atoms with van der Waals surface area (Å²) in [7, 11) is 1.64. The van der Waals surface area contributed by atoms with Gasteiger partial charge in [0.05, 0.1) is 12.7 Å². The van der Waals surface area contributed by atoms with Gasteiger partial charge in [-0.3, -0.25) is 4.79 Å². The van der Waals surface area contributed by atoms with E-state index in [1.807, 2.05) is 48.5 Å². The number of anilines is 2. The van der Waals surface area contributed by atoms with Gasteiger partial charge in [-0.25, -0.2) is 9.97 Å². The Morgan fingerprint density at radius 2 is 1.66 bits per heavy atom. The van der Waals surface area contributed by atoms with Gasteiger partial charge in [-0.05, 0) is 34.7 Å². The summed E-state index contributed by atoms with van der Waals surface area (Å²) in [5.41, 5.74) is 3.28. The normalized spacial score (nSPS) is 11.0. The van der Waals surface area contributed by atoms with Crippen molar-refractivity contribution >= 4 is 17.5 Å². The van der Waals surface area contributed by atoms with Crippen LogP contribution in [0.3, 0.4) is 0 Å². The number of aromatic nitrogens is 2. The zero-order valence-corrected chi connectivity index (χ0v) is 17.2. The van der Waals surface area contributed by atoms with Crippen LogP contribution in [0.5, 0.6) is 5.75 Å². The van der Waals surface area contributed by atoms with E-state index >= 15 is 0 Å². The lowest BCUT2D eigenvalue weighted by Crippen LogP contribution is -2.19. The Bertz CT molecular complexity index is 961. The molecule has 0 unspecified atom stereocenters. The first-order valence-electron chi connectivity index (χ1n) is 9.46. The lowest BCUT2D eigenvalue weighted by molar-refractivity contribution is 0.102. The predicted molar refractivity (Wildman–Crippen MR) is 115 cm³/mol. The molecule has 0 radical (unpaired) electrons. The Morgan fingerprint density at radius 3 is 2.28 bits per heavy atom. The second-order valence-electron chi connectivity index (χ2n) is 7.75. The zero-order chi connectivity index (χ0) is 20.9. The topological polar surface area (TPSA) is 76.1 Å². The molecule has 0 fully saturated rings. The van der Waals surface area contributed by atoms with Crippen LogP contribution in [0.1, 0.15) is 42.3 Å². The van der Waals surface area contributed by atoms with E-state index in [-0.39, 0.29) is 11.3 Å². The highest BCUT2D eigenvalue weighted by molar-refractivity contribution is 6.04. The summed E-state index contributed by atoms with van der Waals surface area (Å²) in [5.74, 6) is 1.05. The molecule has 0 atom stereocenters. The van der Waals surface area contributed by atoms with Gasteiger partial charge in [0.15, 0.2) is 0 Å². The minimum Gasteiger partial charge on any atom is -0.497 e. The molecule has 3 aromatic rings. The van der Waals surface area contributed by atoms with Crippen molar-refractivity contribution in [3.63, 3.8) is 0 Å². The molecule has 0 saturated heterocycles. The highest BCUT2D eigenvalue weighted by atomic mass is 16.5. The SMILES string of the molecule is COc1ccc(CNc2ncc(C(=O)Nc3ccccc3C(C)(C)C)cn2)cc1. The van der Waals surface area contributed by atoms with Gasteiger partial charge in [-0.1, -0.05) is 51.1 Å². The number of carbonyl (C=O) groups is 1. The average molecular weight is 390 g/mol. The summed E-state index contributed by atoms with van der Waals surface area (Å²) in [6.45, 7) is 6.92. The number of ether oxygens (including phenoxy) is 1. The van der Waals surface area contributed by atoms with Crippen LogP contribution < -0.4 is 15.4 Å². The van der Waals surface area contributed by atoms with Crippen LogP contribution in [0.2, 0.25) is 0 Å². The average Bonchev–Trinajstić information content (AvgIpc) is 2.72. The van der Waals surface area contributed by atoms with Crippen molar-refractivity contribution in [1.29, 1.82) is 0 Å². The lowest BCUT2D eigenvalue weighted by atomic mass is 9.86. The van der Waals surface area contributed by atoms with Gasteiger partial charge in [0.1, 0.15) is 5.75 Å². The van der Waals surface area contributed by atoms with Gasteiger partial charge in [-0.15, -0.1) is 0 Å². The molecule has 3 rings (SSSR count). The van der Waals surface area contributed by atoms with Crippen LogP contribution in [0.25, 0.3) is 0 Å². The summed E-state index contributed by atoms with van der Waals surface area (Å²) in [5, 5.41) is 6.12. The second-order valence-corrected chi connectivity index (χ2v) is 7.75. The van der Waals surface area contributed by atoms with Crippen molar-refractivity contribution in [1.82, 2.24) is 9.97 Å². The molecule has 0 spiro atoms. The molecule has 1 aromatic heterocycles. The molecular weight excluding hydrogens is 364 g/mol. The number of hydrogen-bond donors (Lipinski definition) is 2. The molecule has 0 saturated carbocycles. The van der Waals surface area contributed by atoms with Crippen molar-refractivity contribution in [2.24, 2.45) is 0 Å². The fourth-order valence-corrected chi connectivity index (χ4v) is 2.90. The second kappa shape index (κ2) is 8.73. The fourth-order valence-electron chi connectivity index (χ4n) is 2.90. The molecule has 6 heteroatoms. The van der Waals surface area contributed by atoms with Gasteiger partial charge in [0, 0.05) is 24.6 Å². The summed E-state index contributed by atoms with van der Waals surface area (Å²) >= 11 is 0. The third-order valence-corrected chi connectivity index (χ3v) is 4.51. The largest absolute Gasteiger partial charge is 0.497 e. The van der Waals surface area contributed by atoms with Crippen LogP contribution in [0.4, 0.5) is 11.6 Å². The van der Waals surface area contributed by atoms with Crippen LogP contribution in [-0.2, 0) is 12.0 Å². The molecule has 1 heterocycles. The van der Waals surface area contributed by atoms with E-state index in [4.69, 9.17) is 4.74 Å². The van der Waals surface area contributed by atoms with Crippen LogP contribution in [0.15, 0.2) is 60.9 Å². The molecule has 0 aliphatic heterocycles. The van der Waals surface area contributed by atoms with E-state index < -0.39 is 0 Å². The van der Waals surface area contributed by atoms with E-state index in [0.717, 1.165) is 22.6 Å². The Labute approximate surface area is 171 Å². The van der Waals surface area contributed by atoms with Crippen molar-refractivity contribution in [2.45, 2.75) is 32.7 Å². The summed E-state index contributed by atoms with van der Waals surface area (Å²) < 4.78 is 5.15. The summed E-state index contributed by atoms with van der Waals surface area (Å²) in [6, 6.07) is 15.6. The van der Waals surface area contributed by atoms with Crippen molar-refractivity contribution in [2.75, 3.05) is 17.7 Å². The van der Waals surface area contributed by atoms with Gasteiger partial charge >= 0.3 is 0 Å². The maximum Gasteiger partial charge on any atom is 0.258 e. The van der Waals surface area contributed by atoms with Gasteiger partial charge in [-0.2, -0.15) is 0 Å². The third kappa shape index (κ3) is 5.31. The maximum atomic E-state index is 12.6. The van der Waals surface area contributed by atoms with E-state index in [9.17, 15) is 4.79 Å². The molecule has 0 aliphatic carbocycles. The third-order valence-electron chi connectivity index (χ3n) is 4.51. The number of benzene rings is 2. The molecule has 150 valence electrons. The standard InChI is InChI=1S/C23H26N4O2/c1-23(2,3)19-7-5-6-8-20(19)27-21(28)17-14-25-22(26-15-17)24-13-16-9-11-18(29-4)12-10-16/h5-12,14-15H,13H2,1-4H3,(H,27,28)(H,24,25,26). The Hall–Kier alpha value is -3.41. The molecular formula is C23H26N4O2. The van der Waals surface area contributed by atoms with Crippen molar-refractivity contribution in [3.8, 4) is 5.75 Å². The first kappa shape index (κ1) is 20.3. The van der Waals surface area contributed by atoms with Crippen LogP contribution >= 0.6 is 0 Å².